The highest BCUT2D eigenvalue weighted by Crippen LogP contribution is 2.12. The number of amides is 3. The second kappa shape index (κ2) is 15.0. The fourth-order valence-corrected chi connectivity index (χ4v) is 3.72. The van der Waals surface area contributed by atoms with E-state index >= 15 is 0 Å². The van der Waals surface area contributed by atoms with Crippen LogP contribution in [-0.2, 0) is 27.5 Å². The molecular weight excluding hydrogens is 494 g/mol. The Balaban J connectivity index is 1.34. The van der Waals surface area contributed by atoms with Crippen LogP contribution in [0.1, 0.15) is 42.0 Å². The van der Waals surface area contributed by atoms with Crippen molar-refractivity contribution in [3.05, 3.63) is 107 Å². The van der Waals surface area contributed by atoms with Crippen LogP contribution in [-0.4, -0.2) is 42.9 Å². The van der Waals surface area contributed by atoms with E-state index in [1.54, 1.807) is 31.2 Å². The molecule has 0 aliphatic carbocycles. The van der Waals surface area contributed by atoms with Crippen LogP contribution in [0.3, 0.4) is 0 Å². The fraction of sp³-hybridized carbons (Fsp3) is 0.267. The number of nitrogens with one attached hydrogen (secondary N) is 5. The highest BCUT2D eigenvalue weighted by molar-refractivity contribution is 6.04. The average Bonchev–Trinajstić information content (AvgIpc) is 2.96. The summed E-state index contributed by atoms with van der Waals surface area (Å²) in [4.78, 5) is 36.6. The van der Waals surface area contributed by atoms with Crippen molar-refractivity contribution in [2.75, 3.05) is 13.1 Å². The second-order valence-electron chi connectivity index (χ2n) is 9.21. The molecule has 0 unspecified atom stereocenters. The van der Waals surface area contributed by atoms with Crippen LogP contribution in [0, 0.1) is 5.41 Å². The summed E-state index contributed by atoms with van der Waals surface area (Å²) in [7, 11) is 0. The maximum atomic E-state index is 12.4. The molecule has 3 rings (SSSR count). The molecule has 2 atom stereocenters. The molecule has 3 amide bonds. The molecule has 0 aliphatic rings. The topological polar surface area (TPSA) is 132 Å². The van der Waals surface area contributed by atoms with Crippen molar-refractivity contribution in [2.24, 2.45) is 0 Å². The zero-order valence-electron chi connectivity index (χ0n) is 22.2. The minimum Gasteiger partial charge on any atom is -0.444 e. The molecule has 0 spiro atoms. The molecule has 39 heavy (non-hydrogen) atoms. The molecule has 0 heterocycles. The Hall–Kier alpha value is -4.50. The third-order valence-corrected chi connectivity index (χ3v) is 6.02. The summed E-state index contributed by atoms with van der Waals surface area (Å²) in [6, 6.07) is 25.5. The molecule has 9 heteroatoms. The van der Waals surface area contributed by atoms with Gasteiger partial charge in [0.1, 0.15) is 18.5 Å². The van der Waals surface area contributed by atoms with Crippen LogP contribution >= 0.6 is 0 Å². The molecular formula is C30H35N5O4. The summed E-state index contributed by atoms with van der Waals surface area (Å²) in [5.74, 6) is -0.387. The van der Waals surface area contributed by atoms with E-state index in [0.29, 0.717) is 12.1 Å². The summed E-state index contributed by atoms with van der Waals surface area (Å²) in [6.07, 6.45) is -0.711. The van der Waals surface area contributed by atoms with Gasteiger partial charge in [-0.2, -0.15) is 0 Å². The van der Waals surface area contributed by atoms with Crippen molar-refractivity contribution in [1.29, 1.82) is 5.41 Å². The predicted octanol–water partition coefficient (Wildman–Crippen LogP) is 3.45. The lowest BCUT2D eigenvalue weighted by atomic mass is 10.0. The molecule has 204 valence electrons. The Bertz CT molecular complexity index is 1230. The number of rotatable bonds is 12. The summed E-state index contributed by atoms with van der Waals surface area (Å²) in [5, 5.41) is 19.1. The maximum Gasteiger partial charge on any atom is 0.413 e. The van der Waals surface area contributed by atoms with Gasteiger partial charge in [0.05, 0.1) is 6.54 Å². The van der Waals surface area contributed by atoms with Gasteiger partial charge in [0.2, 0.25) is 11.8 Å². The van der Waals surface area contributed by atoms with Crippen LogP contribution in [0.5, 0.6) is 0 Å². The quantitative estimate of drug-likeness (QED) is 0.181. The lowest BCUT2D eigenvalue weighted by molar-refractivity contribution is -0.128. The molecule has 0 radical (unpaired) electrons. The Morgan fingerprint density at radius 2 is 1.49 bits per heavy atom. The number of benzene rings is 3. The van der Waals surface area contributed by atoms with E-state index in [1.165, 1.54) is 5.56 Å². The average molecular weight is 530 g/mol. The Labute approximate surface area is 228 Å². The van der Waals surface area contributed by atoms with Gasteiger partial charge in [0.25, 0.3) is 0 Å². The molecule has 0 bridgehead atoms. The summed E-state index contributed by atoms with van der Waals surface area (Å²) in [5.41, 5.74) is 3.35. The smallest absolute Gasteiger partial charge is 0.413 e. The highest BCUT2D eigenvalue weighted by atomic mass is 16.5. The van der Waals surface area contributed by atoms with E-state index in [0.717, 1.165) is 11.1 Å². The van der Waals surface area contributed by atoms with Crippen molar-refractivity contribution in [1.82, 2.24) is 21.3 Å². The lowest BCUT2D eigenvalue weighted by Crippen LogP contribution is -2.47. The van der Waals surface area contributed by atoms with Gasteiger partial charge in [-0.1, -0.05) is 91.9 Å². The van der Waals surface area contributed by atoms with E-state index in [4.69, 9.17) is 10.1 Å². The van der Waals surface area contributed by atoms with Crippen molar-refractivity contribution >= 4 is 23.7 Å². The van der Waals surface area contributed by atoms with Gasteiger partial charge in [-0.3, -0.25) is 20.3 Å². The van der Waals surface area contributed by atoms with E-state index in [-0.39, 0.29) is 43.3 Å². The molecule has 3 aromatic carbocycles. The first-order valence-corrected chi connectivity index (χ1v) is 12.8. The largest absolute Gasteiger partial charge is 0.444 e. The Kier molecular flexibility index (Phi) is 11.2. The van der Waals surface area contributed by atoms with Crippen molar-refractivity contribution in [3.63, 3.8) is 0 Å². The van der Waals surface area contributed by atoms with E-state index in [1.807, 2.05) is 48.5 Å². The number of carbonyl (C=O) groups excluding carboxylic acids is 3. The molecule has 3 aromatic rings. The van der Waals surface area contributed by atoms with Crippen LogP contribution in [0.25, 0.3) is 0 Å². The first-order valence-electron chi connectivity index (χ1n) is 12.8. The van der Waals surface area contributed by atoms with Crippen LogP contribution in [0.2, 0.25) is 0 Å². The van der Waals surface area contributed by atoms with Crippen molar-refractivity contribution in [2.45, 2.75) is 39.0 Å². The highest BCUT2D eigenvalue weighted by Gasteiger charge is 2.16. The lowest BCUT2D eigenvalue weighted by Gasteiger charge is -2.16. The number of ether oxygens (including phenoxy) is 1. The zero-order valence-corrected chi connectivity index (χ0v) is 22.2. The Morgan fingerprint density at radius 1 is 0.846 bits per heavy atom. The maximum absolute atomic E-state index is 12.4. The van der Waals surface area contributed by atoms with Crippen LogP contribution < -0.4 is 21.3 Å². The zero-order chi connectivity index (χ0) is 28.0. The van der Waals surface area contributed by atoms with E-state index < -0.39 is 12.1 Å². The molecule has 9 nitrogen and oxygen atoms in total. The standard InChI is InChI=1S/C30H35N5O4/c1-21(25-11-7-4-8-12-25)17-32-19-27(36)34-22(2)29(37)33-18-23-13-15-26(16-14-23)28(31)35-30(38)39-20-24-9-5-3-6-10-24/h3-16,21-22,32H,17-20H2,1-2H3,(H,33,37)(H,34,36)(H2,31,35,38)/t21-,22-/m0/s1. The molecule has 0 saturated carbocycles. The number of hydrogen-bond donors (Lipinski definition) is 5. The van der Waals surface area contributed by atoms with Crippen LogP contribution in [0.4, 0.5) is 4.79 Å². The monoisotopic (exact) mass is 529 g/mol. The summed E-state index contributed by atoms with van der Waals surface area (Å²) >= 11 is 0. The molecule has 0 aliphatic heterocycles. The third kappa shape index (κ3) is 10.1. The molecule has 5 N–H and O–H groups in total. The van der Waals surface area contributed by atoms with Crippen molar-refractivity contribution in [3.8, 4) is 0 Å². The third-order valence-electron chi connectivity index (χ3n) is 6.02. The van der Waals surface area contributed by atoms with Crippen molar-refractivity contribution < 1.29 is 19.1 Å². The number of alkyl carbamates (subject to hydrolysis) is 1. The first-order chi connectivity index (χ1) is 18.8. The van der Waals surface area contributed by atoms with Gasteiger partial charge in [-0.05, 0) is 29.5 Å². The second-order valence-corrected chi connectivity index (χ2v) is 9.21. The number of carbonyl (C=O) groups is 3. The molecule has 0 aromatic heterocycles. The van der Waals surface area contributed by atoms with Gasteiger partial charge in [0, 0.05) is 18.7 Å². The summed E-state index contributed by atoms with van der Waals surface area (Å²) in [6.45, 7) is 4.86. The molecule has 0 saturated heterocycles. The van der Waals surface area contributed by atoms with E-state index in [9.17, 15) is 14.4 Å². The number of hydrogen-bond acceptors (Lipinski definition) is 6. The minimum absolute atomic E-state index is 0.0910. The van der Waals surface area contributed by atoms with Gasteiger partial charge in [-0.25, -0.2) is 4.79 Å². The predicted molar refractivity (Wildman–Crippen MR) is 150 cm³/mol. The minimum atomic E-state index is -0.711. The van der Waals surface area contributed by atoms with Gasteiger partial charge in [0.15, 0.2) is 0 Å². The summed E-state index contributed by atoms with van der Waals surface area (Å²) < 4.78 is 5.14. The van der Waals surface area contributed by atoms with Gasteiger partial charge < -0.3 is 20.7 Å². The van der Waals surface area contributed by atoms with Gasteiger partial charge in [-0.15, -0.1) is 0 Å². The fourth-order valence-electron chi connectivity index (χ4n) is 3.72. The van der Waals surface area contributed by atoms with E-state index in [2.05, 4.69) is 40.3 Å². The first kappa shape index (κ1) is 29.1. The normalized spacial score (nSPS) is 12.1. The molecule has 0 fully saturated rings. The number of amidine groups is 1. The van der Waals surface area contributed by atoms with Gasteiger partial charge >= 0.3 is 6.09 Å². The van der Waals surface area contributed by atoms with Crippen LogP contribution in [0.15, 0.2) is 84.9 Å². The SMILES string of the molecule is C[C@H](NC(=O)CNC[C@H](C)c1ccccc1)C(=O)NCc1ccc(C(=N)NC(=O)OCc2ccccc2)cc1. The Morgan fingerprint density at radius 3 is 2.15 bits per heavy atom.